The van der Waals surface area contributed by atoms with E-state index in [4.69, 9.17) is 10.3 Å². The Bertz CT molecular complexity index is 505. The van der Waals surface area contributed by atoms with Crippen LogP contribution in [0.25, 0.3) is 0 Å². The van der Waals surface area contributed by atoms with E-state index in [-0.39, 0.29) is 5.56 Å². The predicted octanol–water partition coefficient (Wildman–Crippen LogP) is 2.44. The molecule has 96 valence electrons. The van der Waals surface area contributed by atoms with Crippen LogP contribution >= 0.6 is 0 Å². The van der Waals surface area contributed by atoms with Crippen LogP contribution in [0, 0.1) is 17.5 Å². The normalized spacial score (nSPS) is 12.7. The molecule has 18 heavy (non-hydrogen) atoms. The molecule has 2 rings (SSSR count). The standard InChI is InChI=1S/C12H11F3N2O/c13-9-4-7(5-10(14)12(9)15)11(17-16)6-8-2-1-3-18-8/h1-5,11,17H,6,16H2. The van der Waals surface area contributed by atoms with Crippen LogP contribution in [0.15, 0.2) is 34.9 Å². The Morgan fingerprint density at radius 1 is 1.22 bits per heavy atom. The van der Waals surface area contributed by atoms with Gasteiger partial charge in [-0.05, 0) is 29.8 Å². The highest BCUT2D eigenvalue weighted by molar-refractivity contribution is 5.23. The average molecular weight is 256 g/mol. The summed E-state index contributed by atoms with van der Waals surface area (Å²) in [5, 5.41) is 0. The summed E-state index contributed by atoms with van der Waals surface area (Å²) in [4.78, 5) is 0. The lowest BCUT2D eigenvalue weighted by Crippen LogP contribution is -2.29. The number of halogens is 3. The van der Waals surface area contributed by atoms with Gasteiger partial charge in [0.15, 0.2) is 17.5 Å². The fourth-order valence-electron chi connectivity index (χ4n) is 1.68. The molecule has 6 heteroatoms. The van der Waals surface area contributed by atoms with E-state index >= 15 is 0 Å². The van der Waals surface area contributed by atoms with Crippen molar-refractivity contribution in [2.45, 2.75) is 12.5 Å². The van der Waals surface area contributed by atoms with Gasteiger partial charge in [0, 0.05) is 6.42 Å². The van der Waals surface area contributed by atoms with Crippen molar-refractivity contribution >= 4 is 0 Å². The Morgan fingerprint density at radius 2 is 1.89 bits per heavy atom. The molecule has 0 radical (unpaired) electrons. The van der Waals surface area contributed by atoms with Crippen LogP contribution in [0.1, 0.15) is 17.4 Å². The van der Waals surface area contributed by atoms with E-state index in [1.165, 1.54) is 6.26 Å². The highest BCUT2D eigenvalue weighted by Gasteiger charge is 2.17. The second kappa shape index (κ2) is 5.24. The number of benzene rings is 1. The van der Waals surface area contributed by atoms with Gasteiger partial charge in [-0.1, -0.05) is 0 Å². The largest absolute Gasteiger partial charge is 0.469 e. The van der Waals surface area contributed by atoms with Gasteiger partial charge < -0.3 is 4.42 Å². The van der Waals surface area contributed by atoms with E-state index in [1.54, 1.807) is 12.1 Å². The minimum atomic E-state index is -1.49. The van der Waals surface area contributed by atoms with Gasteiger partial charge in [0.1, 0.15) is 5.76 Å². The molecule has 3 nitrogen and oxygen atoms in total. The first-order valence-corrected chi connectivity index (χ1v) is 5.24. The van der Waals surface area contributed by atoms with Crippen molar-refractivity contribution in [3.8, 4) is 0 Å². The highest BCUT2D eigenvalue weighted by Crippen LogP contribution is 2.22. The molecular weight excluding hydrogens is 245 g/mol. The van der Waals surface area contributed by atoms with E-state index in [9.17, 15) is 13.2 Å². The lowest BCUT2D eigenvalue weighted by atomic mass is 10.0. The summed E-state index contributed by atoms with van der Waals surface area (Å²) in [7, 11) is 0. The lowest BCUT2D eigenvalue weighted by molar-refractivity contribution is 0.430. The number of rotatable bonds is 4. The van der Waals surface area contributed by atoms with Crippen LogP contribution in [0.4, 0.5) is 13.2 Å². The van der Waals surface area contributed by atoms with Crippen LogP contribution in [-0.2, 0) is 6.42 Å². The van der Waals surface area contributed by atoms with Gasteiger partial charge in [-0.3, -0.25) is 11.3 Å². The van der Waals surface area contributed by atoms with Crippen molar-refractivity contribution in [3.05, 3.63) is 59.3 Å². The number of hydrogen-bond acceptors (Lipinski definition) is 3. The van der Waals surface area contributed by atoms with Gasteiger partial charge in [0.2, 0.25) is 0 Å². The molecule has 0 saturated heterocycles. The number of hydrogen-bond donors (Lipinski definition) is 2. The van der Waals surface area contributed by atoms with E-state index in [2.05, 4.69) is 5.43 Å². The molecule has 0 saturated carbocycles. The molecule has 2 aromatic rings. The second-order valence-corrected chi connectivity index (χ2v) is 3.80. The Balaban J connectivity index is 2.27. The predicted molar refractivity (Wildman–Crippen MR) is 58.8 cm³/mol. The topological polar surface area (TPSA) is 51.2 Å². The zero-order chi connectivity index (χ0) is 13.1. The summed E-state index contributed by atoms with van der Waals surface area (Å²) in [5.41, 5.74) is 2.63. The fraction of sp³-hybridized carbons (Fsp3) is 0.167. The van der Waals surface area contributed by atoms with Crippen molar-refractivity contribution in [1.29, 1.82) is 0 Å². The molecular formula is C12H11F3N2O. The fourth-order valence-corrected chi connectivity index (χ4v) is 1.68. The van der Waals surface area contributed by atoms with Gasteiger partial charge in [-0.15, -0.1) is 0 Å². The van der Waals surface area contributed by atoms with Crippen molar-refractivity contribution in [2.24, 2.45) is 5.84 Å². The smallest absolute Gasteiger partial charge is 0.194 e. The van der Waals surface area contributed by atoms with E-state index in [1.807, 2.05) is 0 Å². The Morgan fingerprint density at radius 3 is 2.39 bits per heavy atom. The summed E-state index contributed by atoms with van der Waals surface area (Å²) >= 11 is 0. The van der Waals surface area contributed by atoms with Crippen molar-refractivity contribution in [2.75, 3.05) is 0 Å². The summed E-state index contributed by atoms with van der Waals surface area (Å²) in [6.45, 7) is 0. The quantitative estimate of drug-likeness (QED) is 0.502. The summed E-state index contributed by atoms with van der Waals surface area (Å²) in [5.74, 6) is 1.95. The molecule has 0 aliphatic rings. The minimum absolute atomic E-state index is 0.213. The van der Waals surface area contributed by atoms with Crippen LogP contribution in [-0.4, -0.2) is 0 Å². The van der Waals surface area contributed by atoms with E-state index in [0.717, 1.165) is 12.1 Å². The Kier molecular flexibility index (Phi) is 3.69. The zero-order valence-electron chi connectivity index (χ0n) is 9.29. The zero-order valence-corrected chi connectivity index (χ0v) is 9.29. The summed E-state index contributed by atoms with van der Waals surface area (Å²) < 4.78 is 44.2. The minimum Gasteiger partial charge on any atom is -0.469 e. The molecule has 1 heterocycles. The molecule has 0 aliphatic heterocycles. The third-order valence-electron chi connectivity index (χ3n) is 2.60. The van der Waals surface area contributed by atoms with Gasteiger partial charge in [0.25, 0.3) is 0 Å². The maximum atomic E-state index is 13.1. The van der Waals surface area contributed by atoms with Gasteiger partial charge in [-0.2, -0.15) is 0 Å². The Hall–Kier alpha value is -1.79. The molecule has 1 aromatic heterocycles. The average Bonchev–Trinajstić information content (AvgIpc) is 2.85. The number of hydrazine groups is 1. The SMILES string of the molecule is NNC(Cc1ccco1)c1cc(F)c(F)c(F)c1. The second-order valence-electron chi connectivity index (χ2n) is 3.80. The molecule has 3 N–H and O–H groups in total. The first-order chi connectivity index (χ1) is 8.61. The van der Waals surface area contributed by atoms with Crippen molar-refractivity contribution in [1.82, 2.24) is 5.43 Å². The molecule has 0 spiro atoms. The maximum absolute atomic E-state index is 13.1. The van der Waals surface area contributed by atoms with Crippen molar-refractivity contribution < 1.29 is 17.6 Å². The van der Waals surface area contributed by atoms with Gasteiger partial charge >= 0.3 is 0 Å². The maximum Gasteiger partial charge on any atom is 0.194 e. The van der Waals surface area contributed by atoms with E-state index in [0.29, 0.717) is 12.2 Å². The first-order valence-electron chi connectivity index (χ1n) is 5.24. The molecule has 0 aliphatic carbocycles. The lowest BCUT2D eigenvalue weighted by Gasteiger charge is -2.15. The summed E-state index contributed by atoms with van der Waals surface area (Å²) in [6, 6.07) is 4.65. The highest BCUT2D eigenvalue weighted by atomic mass is 19.2. The van der Waals surface area contributed by atoms with Crippen LogP contribution in [0.3, 0.4) is 0 Å². The summed E-state index contributed by atoms with van der Waals surface area (Å²) in [6.07, 6.45) is 1.78. The number of nitrogens with one attached hydrogen (secondary N) is 1. The van der Waals surface area contributed by atoms with Gasteiger partial charge in [-0.25, -0.2) is 13.2 Å². The van der Waals surface area contributed by atoms with E-state index < -0.39 is 23.5 Å². The third-order valence-corrected chi connectivity index (χ3v) is 2.60. The van der Waals surface area contributed by atoms with Crippen LogP contribution in [0.2, 0.25) is 0 Å². The molecule has 1 atom stereocenters. The van der Waals surface area contributed by atoms with Gasteiger partial charge in [0.05, 0.1) is 12.3 Å². The first kappa shape index (κ1) is 12.7. The van der Waals surface area contributed by atoms with Crippen molar-refractivity contribution in [3.63, 3.8) is 0 Å². The monoisotopic (exact) mass is 256 g/mol. The number of furan rings is 1. The molecule has 0 bridgehead atoms. The molecule has 1 unspecified atom stereocenters. The molecule has 0 fully saturated rings. The number of nitrogens with two attached hydrogens (primary N) is 1. The Labute approximate surface area is 101 Å². The molecule has 0 amide bonds. The third kappa shape index (κ3) is 2.55. The van der Waals surface area contributed by atoms with Crippen LogP contribution in [0.5, 0.6) is 0 Å². The van der Waals surface area contributed by atoms with Crippen LogP contribution < -0.4 is 11.3 Å². The molecule has 1 aromatic carbocycles.